The number of benzene rings is 1. The largest absolute Gasteiger partial charge is 0.386 e. The minimum Gasteiger partial charge on any atom is -0.386 e. The molecule has 1 aromatic carbocycles. The molecule has 1 aliphatic carbocycles. The highest BCUT2D eigenvalue weighted by Crippen LogP contribution is 2.35. The average Bonchev–Trinajstić information content (AvgIpc) is 3.19. The monoisotopic (exact) mass is 410 g/mol. The van der Waals surface area contributed by atoms with Crippen LogP contribution in [0.3, 0.4) is 0 Å². The van der Waals surface area contributed by atoms with E-state index in [2.05, 4.69) is 66.1 Å². The van der Waals surface area contributed by atoms with Gasteiger partial charge in [0.1, 0.15) is 0 Å². The second-order valence-corrected chi connectivity index (χ2v) is 8.11. The highest BCUT2D eigenvalue weighted by atomic mass is 15.2. The van der Waals surface area contributed by atoms with Crippen LogP contribution in [0.25, 0.3) is 11.1 Å². The molecule has 2 aromatic rings. The lowest BCUT2D eigenvalue weighted by Crippen LogP contribution is -2.40. The third-order valence-electron chi connectivity index (χ3n) is 5.86. The maximum atomic E-state index is 4.80. The summed E-state index contributed by atoms with van der Waals surface area (Å²) in [4.78, 5) is 11.7. The summed E-state index contributed by atoms with van der Waals surface area (Å²) in [6.45, 7) is 11.1. The van der Waals surface area contributed by atoms with Crippen molar-refractivity contribution >= 4 is 23.0 Å². The number of nitrogens with zero attached hydrogens (tertiary/aromatic N) is 3. The van der Waals surface area contributed by atoms with E-state index in [1.165, 1.54) is 28.0 Å². The number of aliphatic imine (C=N–C) groups is 1. The topological polar surface area (TPSA) is 40.5 Å². The number of aromatic nitrogens is 1. The van der Waals surface area contributed by atoms with Crippen molar-refractivity contribution in [2.45, 2.75) is 20.3 Å². The molecule has 0 spiro atoms. The second kappa shape index (κ2) is 9.27. The van der Waals surface area contributed by atoms with E-state index in [1.807, 2.05) is 37.6 Å². The highest BCUT2D eigenvalue weighted by molar-refractivity contribution is 5.87. The maximum Gasteiger partial charge on any atom is 0.0659 e. The summed E-state index contributed by atoms with van der Waals surface area (Å²) in [5, 5.41) is 3.55. The molecule has 1 aliphatic heterocycles. The van der Waals surface area contributed by atoms with Gasteiger partial charge in [0.15, 0.2) is 0 Å². The summed E-state index contributed by atoms with van der Waals surface area (Å²) in [5.41, 5.74) is 10.4. The summed E-state index contributed by atoms with van der Waals surface area (Å²) in [6.07, 6.45) is 12.8. The van der Waals surface area contributed by atoms with Crippen molar-refractivity contribution in [2.75, 3.05) is 26.7 Å². The molecule has 4 nitrogen and oxygen atoms in total. The molecular weight excluding hydrogens is 380 g/mol. The maximum absolute atomic E-state index is 4.80. The number of nitrogens with one attached hydrogen (secondary N) is 1. The highest BCUT2D eigenvalue weighted by Gasteiger charge is 2.20. The molecule has 0 atom stereocenters. The van der Waals surface area contributed by atoms with E-state index >= 15 is 0 Å². The molecule has 158 valence electrons. The molecule has 4 heteroatoms. The van der Waals surface area contributed by atoms with Crippen LogP contribution in [0.1, 0.15) is 34.9 Å². The van der Waals surface area contributed by atoms with Gasteiger partial charge in [0.05, 0.1) is 11.4 Å². The van der Waals surface area contributed by atoms with Gasteiger partial charge in [0, 0.05) is 60.9 Å². The van der Waals surface area contributed by atoms with E-state index in [1.54, 1.807) is 0 Å². The molecule has 0 radical (unpaired) electrons. The van der Waals surface area contributed by atoms with Crippen LogP contribution < -0.4 is 5.32 Å². The first kappa shape index (κ1) is 21.0. The normalized spacial score (nSPS) is 18.2. The number of hydrogen-bond donors (Lipinski definition) is 1. The van der Waals surface area contributed by atoms with Gasteiger partial charge >= 0.3 is 0 Å². The SMILES string of the molecule is C=C/C(=C1/CN(C)CCN1)c1cnc2c(c1)C(c1ccc(N=C/C=C/C)c(C)c1)=CC2. The molecule has 0 unspecified atom stereocenters. The fourth-order valence-electron chi connectivity index (χ4n) is 4.19. The van der Waals surface area contributed by atoms with E-state index < -0.39 is 0 Å². The van der Waals surface area contributed by atoms with Gasteiger partial charge < -0.3 is 5.32 Å². The van der Waals surface area contributed by atoms with Crippen molar-refractivity contribution in [3.8, 4) is 0 Å². The Bertz CT molecular complexity index is 1120. The Labute approximate surface area is 185 Å². The van der Waals surface area contributed by atoms with E-state index in [0.717, 1.165) is 48.6 Å². The van der Waals surface area contributed by atoms with Gasteiger partial charge in [-0.3, -0.25) is 14.9 Å². The van der Waals surface area contributed by atoms with Gasteiger partial charge in [-0.25, -0.2) is 0 Å². The minimum absolute atomic E-state index is 0.867. The molecule has 2 heterocycles. The Morgan fingerprint density at radius 3 is 2.90 bits per heavy atom. The Morgan fingerprint density at radius 1 is 1.29 bits per heavy atom. The second-order valence-electron chi connectivity index (χ2n) is 8.11. The first-order chi connectivity index (χ1) is 15.1. The molecule has 0 bridgehead atoms. The fraction of sp³-hybridized carbons (Fsp3) is 0.259. The minimum atomic E-state index is 0.867. The van der Waals surface area contributed by atoms with Crippen LogP contribution in [0.15, 0.2) is 72.0 Å². The van der Waals surface area contributed by atoms with Gasteiger partial charge in [0.25, 0.3) is 0 Å². The quantitative estimate of drug-likeness (QED) is 0.698. The number of piperazine rings is 1. The molecule has 4 rings (SSSR count). The van der Waals surface area contributed by atoms with Crippen molar-refractivity contribution in [3.63, 3.8) is 0 Å². The lowest BCUT2D eigenvalue weighted by molar-refractivity contribution is 0.324. The zero-order valence-corrected chi connectivity index (χ0v) is 18.7. The first-order valence-electron chi connectivity index (χ1n) is 10.8. The van der Waals surface area contributed by atoms with Crippen molar-refractivity contribution < 1.29 is 0 Å². The summed E-state index contributed by atoms with van der Waals surface area (Å²) in [7, 11) is 2.15. The lowest BCUT2D eigenvalue weighted by atomic mass is 9.95. The number of aryl methyl sites for hydroxylation is 1. The van der Waals surface area contributed by atoms with Crippen molar-refractivity contribution in [2.24, 2.45) is 4.99 Å². The van der Waals surface area contributed by atoms with Crippen molar-refractivity contribution in [1.29, 1.82) is 0 Å². The molecule has 2 aliphatic rings. The number of hydrogen-bond acceptors (Lipinski definition) is 4. The van der Waals surface area contributed by atoms with Crippen LogP contribution in [0, 0.1) is 6.92 Å². The van der Waals surface area contributed by atoms with Gasteiger partial charge in [-0.05, 0) is 61.9 Å². The molecule has 1 fully saturated rings. The summed E-state index contributed by atoms with van der Waals surface area (Å²) in [6, 6.07) is 8.75. The van der Waals surface area contributed by atoms with Crippen LogP contribution >= 0.6 is 0 Å². The third kappa shape index (κ3) is 4.44. The number of allylic oxidation sites excluding steroid dienone is 5. The van der Waals surface area contributed by atoms with Crippen molar-refractivity contribution in [1.82, 2.24) is 15.2 Å². The standard InChI is InChI=1S/C27H30N4/c1-5-7-12-28-25-10-8-20(15-19(25)3)23-9-11-26-24(23)16-21(17-30-26)22(6-2)27-18-31(4)14-13-29-27/h5-10,12,15-17,29H,2,11,13-14,18H2,1,3-4H3/b7-5+,27-22+,28-12?. The predicted octanol–water partition coefficient (Wildman–Crippen LogP) is 5.09. The Hall–Kier alpha value is -3.24. The molecular formula is C27H30N4. The summed E-state index contributed by atoms with van der Waals surface area (Å²) >= 11 is 0. The molecule has 0 amide bonds. The summed E-state index contributed by atoms with van der Waals surface area (Å²) < 4.78 is 0. The van der Waals surface area contributed by atoms with Crippen LogP contribution in [0.4, 0.5) is 5.69 Å². The van der Waals surface area contributed by atoms with Crippen LogP contribution in [0.2, 0.25) is 0 Å². The fourth-order valence-corrected chi connectivity index (χ4v) is 4.19. The number of likely N-dealkylation sites (N-methyl/N-ethyl adjacent to an activating group) is 1. The Morgan fingerprint density at radius 2 is 2.16 bits per heavy atom. The Balaban J connectivity index is 1.68. The lowest BCUT2D eigenvalue weighted by Gasteiger charge is -2.28. The third-order valence-corrected chi connectivity index (χ3v) is 5.86. The number of rotatable bonds is 5. The van der Waals surface area contributed by atoms with Crippen molar-refractivity contribution in [3.05, 3.63) is 95.0 Å². The van der Waals surface area contributed by atoms with E-state index in [9.17, 15) is 0 Å². The van der Waals surface area contributed by atoms with Crippen LogP contribution in [-0.2, 0) is 6.42 Å². The van der Waals surface area contributed by atoms with Crippen LogP contribution in [-0.4, -0.2) is 42.8 Å². The van der Waals surface area contributed by atoms with Crippen LogP contribution in [0.5, 0.6) is 0 Å². The molecule has 1 N–H and O–H groups in total. The van der Waals surface area contributed by atoms with E-state index in [0.29, 0.717) is 0 Å². The van der Waals surface area contributed by atoms with E-state index in [-0.39, 0.29) is 0 Å². The number of fused-ring (bicyclic) bond motifs is 1. The van der Waals surface area contributed by atoms with Gasteiger partial charge in [-0.15, -0.1) is 0 Å². The molecule has 0 saturated carbocycles. The smallest absolute Gasteiger partial charge is 0.0659 e. The zero-order valence-electron chi connectivity index (χ0n) is 18.7. The molecule has 1 saturated heterocycles. The van der Waals surface area contributed by atoms with Gasteiger partial charge in [0.2, 0.25) is 0 Å². The Kier molecular flexibility index (Phi) is 6.28. The van der Waals surface area contributed by atoms with E-state index in [4.69, 9.17) is 4.98 Å². The van der Waals surface area contributed by atoms with Gasteiger partial charge in [-0.1, -0.05) is 30.9 Å². The van der Waals surface area contributed by atoms with Gasteiger partial charge in [-0.2, -0.15) is 0 Å². The zero-order chi connectivity index (χ0) is 21.8. The molecule has 1 aromatic heterocycles. The predicted molar refractivity (Wildman–Crippen MR) is 132 cm³/mol. The summed E-state index contributed by atoms with van der Waals surface area (Å²) in [5.74, 6) is 0. The first-order valence-corrected chi connectivity index (χ1v) is 10.8. The number of pyridine rings is 1. The molecule has 31 heavy (non-hydrogen) atoms. The average molecular weight is 411 g/mol.